The number of fused-ring (bicyclic) bond motifs is 6. The van der Waals surface area contributed by atoms with Crippen LogP contribution in [0.1, 0.15) is 68.8 Å². The van der Waals surface area contributed by atoms with Gasteiger partial charge in [0.25, 0.3) is 15.3 Å². The van der Waals surface area contributed by atoms with Crippen molar-refractivity contribution in [3.8, 4) is 11.4 Å². The largest absolute Gasteiger partial charge is 0.394 e. The van der Waals surface area contributed by atoms with Gasteiger partial charge < -0.3 is 5.11 Å². The summed E-state index contributed by atoms with van der Waals surface area (Å²) in [5.74, 6) is 2.54. The monoisotopic (exact) mass is 1040 g/mol. The van der Waals surface area contributed by atoms with E-state index in [1.807, 2.05) is 91.4 Å². The molecule has 4 aromatic carbocycles. The van der Waals surface area contributed by atoms with E-state index in [1.54, 1.807) is 12.1 Å². The molecule has 4 heterocycles. The Morgan fingerprint density at radius 1 is 0.667 bits per heavy atom. The van der Waals surface area contributed by atoms with Gasteiger partial charge in [-0.2, -0.15) is 25.3 Å². The third kappa shape index (κ3) is 13.9. The Bertz CT molecular complexity index is 3210. The molecule has 66 heavy (non-hydrogen) atoms. The van der Waals surface area contributed by atoms with Gasteiger partial charge in [-0.1, -0.05) is 75.1 Å². The molecule has 2 aliphatic rings. The molecule has 0 radical (unpaired) electrons. The van der Waals surface area contributed by atoms with E-state index in [1.165, 1.54) is 0 Å². The third-order valence-corrected chi connectivity index (χ3v) is 10.6. The number of halogens is 4. The summed E-state index contributed by atoms with van der Waals surface area (Å²) in [5, 5.41) is 37.1. The smallest absolute Gasteiger partial charge is 0.350 e. The maximum Gasteiger partial charge on any atom is 0.350 e. The van der Waals surface area contributed by atoms with Crippen LogP contribution in [0.3, 0.4) is 0 Å². The van der Waals surface area contributed by atoms with Gasteiger partial charge in [-0.25, -0.2) is 15.1 Å². The molecule has 8 rings (SSSR count). The van der Waals surface area contributed by atoms with Gasteiger partial charge in [-0.15, -0.1) is 20.4 Å². The summed E-state index contributed by atoms with van der Waals surface area (Å²) in [4.78, 5) is 18.7. The van der Waals surface area contributed by atoms with E-state index in [0.29, 0.717) is 33.2 Å². The van der Waals surface area contributed by atoms with Gasteiger partial charge in [-0.3, -0.25) is 23.3 Å². The molecule has 20 nitrogen and oxygen atoms in total. The van der Waals surface area contributed by atoms with Crippen LogP contribution in [0.25, 0.3) is 11.4 Å². The van der Waals surface area contributed by atoms with Crippen LogP contribution in [0.2, 0.25) is 10.0 Å². The molecule has 0 saturated heterocycles. The number of nitrogens with zero attached hydrogens (tertiary/aromatic N) is 9. The van der Waals surface area contributed by atoms with Crippen LogP contribution in [-0.4, -0.2) is 90.6 Å². The second kappa shape index (κ2) is 21.6. The number of carbonyl (C=O) groups excluding carboxylic acids is 1. The first-order valence-electron chi connectivity index (χ1n) is 18.7. The standard InChI is InChI=1S/C19H18ClN5O3S.C19H17ClN4O.CClNO3S.ClH2NO2S/c1-11-3-8-17-15(9-11)18(13-4-6-14(20)7-5-13)22-16(10-28-29(21,26)27)19-24-23-12(2)25(17)19;1-11-3-8-17-15(9-11)18(13-4-6-14(20)7-5-13)21-16(10-25)19-23-22-12(2)24(17)19;2-7(5,6)3-1-4;1-5(2,3)4/h3-9,16H,10H2,1-2H3,(H2,21,26,27);3-9,16,25H,10H2,1-2H3;;(H2,2,3,4)/t2*16-;;/m00../s1. The summed E-state index contributed by atoms with van der Waals surface area (Å²) in [7, 11) is -3.18. The highest BCUT2D eigenvalue weighted by atomic mass is 35.7. The van der Waals surface area contributed by atoms with Gasteiger partial charge in [0.2, 0.25) is 0 Å². The fourth-order valence-electron chi connectivity index (χ4n) is 6.53. The molecule has 0 amide bonds. The van der Waals surface area contributed by atoms with Crippen molar-refractivity contribution in [2.75, 3.05) is 13.2 Å². The van der Waals surface area contributed by atoms with E-state index in [-0.39, 0.29) is 13.2 Å². The SMILES string of the molecule is Cc1ccc2c(c1)C(c1ccc(Cl)cc1)=N[C@@H](CO)c1nnc(C)n1-2.Cc1ccc2c(c1)C(c1ccc(Cl)cc1)=N[C@@H](COS(N)(=O)=O)c1nnc(C)n1-2.NS(=O)(=O)Cl.O=C=NS(=O)(=O)Cl. The highest BCUT2D eigenvalue weighted by Crippen LogP contribution is 2.33. The topological polar surface area (TPSA) is 299 Å². The minimum atomic E-state index is -4.14. The zero-order chi connectivity index (χ0) is 48.7. The van der Waals surface area contributed by atoms with Crippen LogP contribution >= 0.6 is 44.6 Å². The molecule has 0 saturated carbocycles. The number of hydrogen-bond donors (Lipinski definition) is 3. The normalized spacial score (nSPS) is 15.0. The summed E-state index contributed by atoms with van der Waals surface area (Å²) in [6.07, 6.45) is 0.763. The lowest BCUT2D eigenvalue weighted by molar-refractivity contribution is 0.263. The summed E-state index contributed by atoms with van der Waals surface area (Å²) in [5.41, 5.74) is 9.13. The van der Waals surface area contributed by atoms with Crippen LogP contribution in [0.5, 0.6) is 0 Å². The molecule has 27 heteroatoms. The predicted octanol–water partition coefficient (Wildman–Crippen LogP) is 5.31. The van der Waals surface area contributed by atoms with E-state index in [2.05, 4.69) is 69.5 Å². The fraction of sp³-hybridized carbons (Fsp3) is 0.205. The number of hydrogen-bond acceptors (Lipinski definition) is 15. The molecule has 0 spiro atoms. The summed E-state index contributed by atoms with van der Waals surface area (Å²) in [6, 6.07) is 25.9. The number of aromatic nitrogens is 6. The molecule has 0 aliphatic carbocycles. The Kier molecular flexibility index (Phi) is 16.9. The van der Waals surface area contributed by atoms with Crippen molar-refractivity contribution in [2.24, 2.45) is 24.7 Å². The molecule has 2 atom stereocenters. The molecular formula is C39H37Cl4N11O9S3. The van der Waals surface area contributed by atoms with Crippen LogP contribution < -0.4 is 10.3 Å². The molecule has 0 fully saturated rings. The minimum absolute atomic E-state index is 0.137. The maximum absolute atomic E-state index is 11.4. The number of isocyanates is 1. The average molecular weight is 1040 g/mol. The van der Waals surface area contributed by atoms with Crippen LogP contribution in [-0.2, 0) is 37.8 Å². The Labute approximate surface area is 398 Å². The van der Waals surface area contributed by atoms with Crippen molar-refractivity contribution >= 4 is 90.8 Å². The van der Waals surface area contributed by atoms with E-state index in [9.17, 15) is 30.4 Å². The van der Waals surface area contributed by atoms with Crippen molar-refractivity contribution in [1.82, 2.24) is 29.5 Å². The zero-order valence-electron chi connectivity index (χ0n) is 34.8. The van der Waals surface area contributed by atoms with Gasteiger partial charge in [0, 0.05) is 53.7 Å². The molecule has 0 unspecified atom stereocenters. The van der Waals surface area contributed by atoms with Gasteiger partial charge >= 0.3 is 19.5 Å². The molecule has 0 bridgehead atoms. The Morgan fingerprint density at radius 2 is 1.06 bits per heavy atom. The number of benzene rings is 4. The van der Waals surface area contributed by atoms with E-state index in [4.69, 9.17) is 47.3 Å². The fourth-order valence-corrected chi connectivity index (χ4v) is 7.28. The second-order valence-electron chi connectivity index (χ2n) is 14.0. The molecule has 348 valence electrons. The number of aliphatic imine (C=N–C) groups is 2. The molecule has 6 aromatic rings. The number of aryl methyl sites for hydroxylation is 4. The van der Waals surface area contributed by atoms with Crippen molar-refractivity contribution in [2.45, 2.75) is 39.8 Å². The summed E-state index contributed by atoms with van der Waals surface area (Å²) in [6.45, 7) is 7.34. The third-order valence-electron chi connectivity index (χ3n) is 9.11. The van der Waals surface area contributed by atoms with Crippen LogP contribution in [0.15, 0.2) is 99.3 Å². The van der Waals surface area contributed by atoms with Crippen molar-refractivity contribution < 1.29 is 39.3 Å². The average Bonchev–Trinajstić information content (AvgIpc) is 3.71. The van der Waals surface area contributed by atoms with Crippen LogP contribution in [0, 0.1) is 27.7 Å². The Morgan fingerprint density at radius 3 is 1.41 bits per heavy atom. The van der Waals surface area contributed by atoms with Gasteiger partial charge in [-0.05, 0) is 76.2 Å². The molecular weight excluding hydrogens is 1000 g/mol. The maximum atomic E-state index is 11.4. The van der Waals surface area contributed by atoms with Gasteiger partial charge in [0.1, 0.15) is 23.7 Å². The first-order chi connectivity index (χ1) is 30.9. The predicted molar refractivity (Wildman–Crippen MR) is 249 cm³/mol. The van der Waals surface area contributed by atoms with E-state index in [0.717, 1.165) is 62.4 Å². The lowest BCUT2D eigenvalue weighted by Crippen LogP contribution is -2.20. The Hall–Kier alpha value is -5.27. The zero-order valence-corrected chi connectivity index (χ0v) is 40.3. The van der Waals surface area contributed by atoms with Gasteiger partial charge in [0.15, 0.2) is 11.6 Å². The number of aliphatic hydroxyl groups is 1. The number of aliphatic hydroxyl groups excluding tert-OH is 1. The first kappa shape index (κ1) is 51.7. The van der Waals surface area contributed by atoms with Crippen LogP contribution in [0.4, 0.5) is 0 Å². The second-order valence-corrected chi connectivity index (χ2v) is 20.5. The molecule has 5 N–H and O–H groups in total. The molecule has 2 aliphatic heterocycles. The number of rotatable bonds is 7. The highest BCUT2D eigenvalue weighted by Gasteiger charge is 2.30. The first-order valence-corrected chi connectivity index (χ1v) is 25.5. The van der Waals surface area contributed by atoms with Gasteiger partial charge in [0.05, 0.1) is 36.0 Å². The van der Waals surface area contributed by atoms with Crippen molar-refractivity contribution in [1.29, 1.82) is 0 Å². The highest BCUT2D eigenvalue weighted by molar-refractivity contribution is 8.12. The summed E-state index contributed by atoms with van der Waals surface area (Å²) >= 11 is 12.1. The quantitative estimate of drug-likeness (QED) is 0.104. The van der Waals surface area contributed by atoms with E-state index >= 15 is 0 Å². The lowest BCUT2D eigenvalue weighted by Gasteiger charge is -2.13. The Balaban J connectivity index is 0.000000200. The number of nitrogens with two attached hydrogens (primary N) is 2. The minimum Gasteiger partial charge on any atom is -0.394 e. The van der Waals surface area contributed by atoms with Crippen molar-refractivity contribution in [3.63, 3.8) is 0 Å². The summed E-state index contributed by atoms with van der Waals surface area (Å²) < 4.78 is 71.1. The van der Waals surface area contributed by atoms with E-state index < -0.39 is 40.9 Å². The van der Waals surface area contributed by atoms with Crippen molar-refractivity contribution in [3.05, 3.63) is 152 Å². The lowest BCUT2D eigenvalue weighted by atomic mass is 9.98. The molecule has 2 aromatic heterocycles.